The van der Waals surface area contributed by atoms with Crippen molar-refractivity contribution in [3.63, 3.8) is 0 Å². The molecule has 152 valence electrons. The highest BCUT2D eigenvalue weighted by Crippen LogP contribution is 2.20. The fraction of sp³-hybridized carbons (Fsp3) is 0.600. The van der Waals surface area contributed by atoms with Crippen LogP contribution >= 0.6 is 24.0 Å². The summed E-state index contributed by atoms with van der Waals surface area (Å²) in [5.74, 6) is 0.344. The molecule has 1 aliphatic heterocycles. The average molecular weight is 488 g/mol. The number of anilines is 1. The number of carbonyl (C=O) groups is 1. The van der Waals surface area contributed by atoms with E-state index in [9.17, 15) is 4.79 Å². The van der Waals surface area contributed by atoms with Gasteiger partial charge in [0.05, 0.1) is 0 Å². The van der Waals surface area contributed by atoms with E-state index in [-0.39, 0.29) is 42.5 Å². The topological polar surface area (TPSA) is 66.0 Å². The Kier molecular flexibility index (Phi) is 9.35. The number of piperidine rings is 1. The number of benzene rings is 1. The van der Waals surface area contributed by atoms with Crippen molar-refractivity contribution in [2.75, 3.05) is 31.6 Å². The number of guanidine groups is 1. The molecule has 1 unspecified atom stereocenters. The number of hydrogen-bond acceptors (Lipinski definition) is 4. The van der Waals surface area contributed by atoms with E-state index in [1.54, 1.807) is 7.05 Å². The summed E-state index contributed by atoms with van der Waals surface area (Å²) in [6.07, 6.45) is 2.20. The van der Waals surface area contributed by atoms with Crippen molar-refractivity contribution in [2.24, 2.45) is 4.99 Å². The van der Waals surface area contributed by atoms with Crippen LogP contribution in [0.15, 0.2) is 29.3 Å². The lowest BCUT2D eigenvalue weighted by Gasteiger charge is -2.35. The zero-order chi connectivity index (χ0) is 19.2. The minimum Gasteiger partial charge on any atom is -0.459 e. The summed E-state index contributed by atoms with van der Waals surface area (Å²) in [6.45, 7) is 9.76. The Morgan fingerprint density at radius 1 is 1.30 bits per heavy atom. The van der Waals surface area contributed by atoms with E-state index in [4.69, 9.17) is 4.74 Å². The minimum atomic E-state index is -0.479. The Morgan fingerprint density at radius 2 is 1.96 bits per heavy atom. The van der Waals surface area contributed by atoms with Crippen molar-refractivity contribution >= 4 is 41.6 Å². The molecule has 1 aromatic carbocycles. The van der Waals surface area contributed by atoms with Crippen LogP contribution in [0.2, 0.25) is 0 Å². The predicted molar refractivity (Wildman–Crippen MR) is 122 cm³/mol. The van der Waals surface area contributed by atoms with Gasteiger partial charge in [-0.15, -0.1) is 24.0 Å². The third-order valence-corrected chi connectivity index (χ3v) is 4.21. The molecule has 0 spiro atoms. The summed E-state index contributed by atoms with van der Waals surface area (Å²) in [7, 11) is 1.71. The first kappa shape index (κ1) is 23.5. The first-order valence-corrected chi connectivity index (χ1v) is 9.27. The van der Waals surface area contributed by atoms with Gasteiger partial charge in [-0.2, -0.15) is 0 Å². The van der Waals surface area contributed by atoms with Gasteiger partial charge in [0.25, 0.3) is 0 Å². The minimum absolute atomic E-state index is 0. The van der Waals surface area contributed by atoms with Gasteiger partial charge in [-0.25, -0.2) is 0 Å². The molecular weight excluding hydrogens is 455 g/mol. The van der Waals surface area contributed by atoms with Crippen LogP contribution in [0, 0.1) is 6.92 Å². The van der Waals surface area contributed by atoms with Crippen molar-refractivity contribution in [3.05, 3.63) is 29.8 Å². The van der Waals surface area contributed by atoms with E-state index < -0.39 is 5.60 Å². The lowest BCUT2D eigenvalue weighted by molar-refractivity contribution is -0.153. The van der Waals surface area contributed by atoms with E-state index >= 15 is 0 Å². The molecule has 0 aromatic heterocycles. The fourth-order valence-electron chi connectivity index (χ4n) is 3.01. The van der Waals surface area contributed by atoms with Crippen molar-refractivity contribution in [2.45, 2.75) is 52.2 Å². The molecule has 1 aromatic rings. The Hall–Kier alpha value is -1.51. The maximum atomic E-state index is 11.9. The maximum absolute atomic E-state index is 11.9. The number of aryl methyl sites for hydroxylation is 1. The lowest BCUT2D eigenvalue weighted by Crippen LogP contribution is -2.52. The van der Waals surface area contributed by atoms with E-state index in [0.29, 0.717) is 5.96 Å². The van der Waals surface area contributed by atoms with E-state index in [0.717, 1.165) is 25.9 Å². The molecule has 2 rings (SSSR count). The van der Waals surface area contributed by atoms with E-state index in [1.165, 1.54) is 11.3 Å². The summed E-state index contributed by atoms with van der Waals surface area (Å²) < 4.78 is 5.31. The number of ether oxygens (including phenoxy) is 1. The van der Waals surface area contributed by atoms with E-state index in [1.807, 2.05) is 20.8 Å². The van der Waals surface area contributed by atoms with Crippen LogP contribution in [0.3, 0.4) is 0 Å². The Morgan fingerprint density at radius 3 is 2.56 bits per heavy atom. The lowest BCUT2D eigenvalue weighted by atomic mass is 10.0. The highest BCUT2D eigenvalue weighted by Gasteiger charge is 2.22. The van der Waals surface area contributed by atoms with Gasteiger partial charge in [-0.05, 0) is 52.7 Å². The second-order valence-electron chi connectivity index (χ2n) is 7.78. The predicted octanol–water partition coefficient (Wildman–Crippen LogP) is 3.09. The standard InChI is InChI=1S/C20H32N4O2.HI/c1-15-8-10-17(11-9-15)24-12-6-7-16(14-24)23-19(21-5)22-13-18(25)26-20(2,3)4;/h8-11,16H,6-7,12-14H2,1-5H3,(H2,21,22,23);1H. The molecule has 0 amide bonds. The number of aliphatic imine (C=N–C) groups is 1. The first-order valence-electron chi connectivity index (χ1n) is 9.27. The Balaban J connectivity index is 0.00000364. The van der Waals surface area contributed by atoms with Gasteiger partial charge in [0.1, 0.15) is 12.1 Å². The van der Waals surface area contributed by atoms with Crippen molar-refractivity contribution in [1.82, 2.24) is 10.6 Å². The molecule has 2 N–H and O–H groups in total. The third kappa shape index (κ3) is 8.36. The number of esters is 1. The number of halogens is 1. The molecule has 1 saturated heterocycles. The molecule has 27 heavy (non-hydrogen) atoms. The third-order valence-electron chi connectivity index (χ3n) is 4.21. The van der Waals surface area contributed by atoms with Gasteiger partial charge in [-0.1, -0.05) is 17.7 Å². The highest BCUT2D eigenvalue weighted by atomic mass is 127. The van der Waals surface area contributed by atoms with Crippen LogP contribution in [-0.2, 0) is 9.53 Å². The zero-order valence-corrected chi connectivity index (χ0v) is 19.4. The molecule has 1 heterocycles. The van der Waals surface area contributed by atoms with Crippen LogP contribution in [-0.4, -0.2) is 50.3 Å². The van der Waals surface area contributed by atoms with Gasteiger partial charge in [0.2, 0.25) is 0 Å². The smallest absolute Gasteiger partial charge is 0.325 e. The summed E-state index contributed by atoms with van der Waals surface area (Å²) in [4.78, 5) is 18.5. The number of nitrogens with zero attached hydrogens (tertiary/aromatic N) is 2. The molecule has 6 nitrogen and oxygen atoms in total. The van der Waals surface area contributed by atoms with Crippen LogP contribution < -0.4 is 15.5 Å². The summed E-state index contributed by atoms with van der Waals surface area (Å²) in [5, 5.41) is 6.47. The summed E-state index contributed by atoms with van der Waals surface area (Å²) in [5.41, 5.74) is 2.04. The second kappa shape index (κ2) is 10.7. The van der Waals surface area contributed by atoms with Crippen LogP contribution in [0.5, 0.6) is 0 Å². The highest BCUT2D eigenvalue weighted by molar-refractivity contribution is 14.0. The molecule has 0 saturated carbocycles. The van der Waals surface area contributed by atoms with Crippen molar-refractivity contribution in [1.29, 1.82) is 0 Å². The molecule has 0 bridgehead atoms. The quantitative estimate of drug-likeness (QED) is 0.295. The second-order valence-corrected chi connectivity index (χ2v) is 7.78. The normalized spacial score (nSPS) is 17.7. The van der Waals surface area contributed by atoms with Gasteiger partial charge in [-0.3, -0.25) is 9.79 Å². The summed E-state index contributed by atoms with van der Waals surface area (Å²) >= 11 is 0. The Labute approximate surface area is 180 Å². The van der Waals surface area contributed by atoms with Gasteiger partial charge < -0.3 is 20.3 Å². The maximum Gasteiger partial charge on any atom is 0.325 e. The Bertz CT molecular complexity index is 626. The van der Waals surface area contributed by atoms with Crippen molar-refractivity contribution in [3.8, 4) is 0 Å². The summed E-state index contributed by atoms with van der Waals surface area (Å²) in [6, 6.07) is 8.93. The molecular formula is C20H33IN4O2. The fourth-order valence-corrected chi connectivity index (χ4v) is 3.01. The van der Waals surface area contributed by atoms with Crippen molar-refractivity contribution < 1.29 is 9.53 Å². The zero-order valence-electron chi connectivity index (χ0n) is 17.0. The molecule has 0 radical (unpaired) electrons. The average Bonchev–Trinajstić information content (AvgIpc) is 2.58. The van der Waals surface area contributed by atoms with Crippen LogP contribution in [0.4, 0.5) is 5.69 Å². The number of rotatable bonds is 4. The van der Waals surface area contributed by atoms with Gasteiger partial charge in [0, 0.05) is 31.9 Å². The molecule has 7 heteroatoms. The largest absolute Gasteiger partial charge is 0.459 e. The van der Waals surface area contributed by atoms with Crippen LogP contribution in [0.1, 0.15) is 39.2 Å². The number of carbonyl (C=O) groups excluding carboxylic acids is 1. The number of nitrogens with one attached hydrogen (secondary N) is 2. The van der Waals surface area contributed by atoms with Gasteiger partial charge in [0.15, 0.2) is 5.96 Å². The molecule has 1 aliphatic rings. The molecule has 1 fully saturated rings. The van der Waals surface area contributed by atoms with Crippen LogP contribution in [0.25, 0.3) is 0 Å². The monoisotopic (exact) mass is 488 g/mol. The molecule has 1 atom stereocenters. The molecule has 0 aliphatic carbocycles. The SMILES string of the molecule is CN=C(NCC(=O)OC(C)(C)C)NC1CCCN(c2ccc(C)cc2)C1.I. The van der Waals surface area contributed by atoms with Gasteiger partial charge >= 0.3 is 5.97 Å². The van der Waals surface area contributed by atoms with E-state index in [2.05, 4.69) is 51.7 Å². The first-order chi connectivity index (χ1) is 12.3. The number of hydrogen-bond donors (Lipinski definition) is 2.